The molecule has 0 fully saturated rings. The number of hydrazone groups is 1. The van der Waals surface area contributed by atoms with Gasteiger partial charge in [0.2, 0.25) is 0 Å². The number of nitrogens with one attached hydrogen (secondary N) is 1. The fraction of sp³-hybridized carbons (Fsp3) is 0.0833. The van der Waals surface area contributed by atoms with Crippen LogP contribution < -0.4 is 11.0 Å². The predicted octanol–water partition coefficient (Wildman–Crippen LogP) is 4.78. The van der Waals surface area contributed by atoms with Gasteiger partial charge < -0.3 is 0 Å². The van der Waals surface area contributed by atoms with Crippen LogP contribution in [0.2, 0.25) is 0 Å². The molecule has 0 unspecified atom stereocenters. The van der Waals surface area contributed by atoms with Crippen molar-refractivity contribution in [3.8, 4) is 5.69 Å². The van der Waals surface area contributed by atoms with Gasteiger partial charge in [0.15, 0.2) is 5.16 Å². The number of aromatic nitrogens is 2. The quantitative estimate of drug-likeness (QED) is 0.176. The summed E-state index contributed by atoms with van der Waals surface area (Å²) in [5, 5.41) is 5.13. The molecule has 0 bridgehead atoms. The first kappa shape index (κ1) is 22.0. The molecule has 1 aromatic heterocycles. The van der Waals surface area contributed by atoms with Crippen LogP contribution in [0.5, 0.6) is 0 Å². The largest absolute Gasteiger partial charge is 0.272 e. The van der Waals surface area contributed by atoms with Crippen LogP contribution in [0.1, 0.15) is 12.5 Å². The van der Waals surface area contributed by atoms with Crippen LogP contribution in [-0.2, 0) is 4.79 Å². The van der Waals surface area contributed by atoms with Gasteiger partial charge in [-0.05, 0) is 48.9 Å². The smallest absolute Gasteiger partial charge is 0.266 e. The van der Waals surface area contributed by atoms with Gasteiger partial charge in [0.05, 0.1) is 28.1 Å². The number of nitrogens with zero attached hydrogens (tertiary/aromatic N) is 3. The lowest BCUT2D eigenvalue weighted by Gasteiger charge is -2.13. The van der Waals surface area contributed by atoms with E-state index in [1.807, 2.05) is 73.7 Å². The lowest BCUT2D eigenvalue weighted by molar-refractivity contribution is -0.118. The molecule has 3 aromatic carbocycles. The number of hydrogen-bond acceptors (Lipinski definition) is 5. The van der Waals surface area contributed by atoms with E-state index in [9.17, 15) is 9.59 Å². The second kappa shape index (κ2) is 9.93. The Bertz CT molecular complexity index is 1350. The van der Waals surface area contributed by atoms with Crippen LogP contribution in [0.4, 0.5) is 0 Å². The van der Waals surface area contributed by atoms with Crippen LogP contribution in [0, 0.1) is 0 Å². The van der Waals surface area contributed by atoms with E-state index in [1.54, 1.807) is 12.1 Å². The molecule has 0 radical (unpaired) electrons. The topological polar surface area (TPSA) is 76.3 Å². The molecule has 0 aliphatic rings. The zero-order valence-corrected chi connectivity index (χ0v) is 19.6. The molecule has 6 nitrogen and oxygen atoms in total. The fourth-order valence-electron chi connectivity index (χ4n) is 3.08. The minimum Gasteiger partial charge on any atom is -0.272 e. The predicted molar refractivity (Wildman–Crippen MR) is 133 cm³/mol. The van der Waals surface area contributed by atoms with Crippen LogP contribution in [0.15, 0.2) is 98.4 Å². The van der Waals surface area contributed by atoms with Crippen LogP contribution >= 0.6 is 27.7 Å². The highest BCUT2D eigenvalue weighted by atomic mass is 79.9. The summed E-state index contributed by atoms with van der Waals surface area (Å²) in [7, 11) is 0. The number of amides is 1. The van der Waals surface area contributed by atoms with Crippen LogP contribution in [-0.4, -0.2) is 26.9 Å². The summed E-state index contributed by atoms with van der Waals surface area (Å²) in [5.74, 6) is -0.220. The standard InChI is InChI=1S/C24H19BrN4O2S/c1-16(17-7-3-2-4-8-17)27-28-22(30)15-32-24-26-21-10-6-5-9-20(21)23(31)29(24)19-13-11-18(25)12-14-19/h2-14H,15H2,1H3,(H,28,30)/b27-16-. The number of thioether (sulfide) groups is 1. The summed E-state index contributed by atoms with van der Waals surface area (Å²) < 4.78 is 2.44. The van der Waals surface area contributed by atoms with Gasteiger partial charge in [-0.1, -0.05) is 70.2 Å². The summed E-state index contributed by atoms with van der Waals surface area (Å²) in [6.07, 6.45) is 0. The summed E-state index contributed by atoms with van der Waals surface area (Å²) in [6, 6.07) is 24.2. The van der Waals surface area contributed by atoms with Crippen molar-refractivity contribution >= 4 is 50.2 Å². The van der Waals surface area contributed by atoms with Gasteiger partial charge in [-0.15, -0.1) is 0 Å². The molecule has 0 atom stereocenters. The van der Waals surface area contributed by atoms with E-state index in [4.69, 9.17) is 0 Å². The van der Waals surface area contributed by atoms with Crippen molar-refractivity contribution in [3.63, 3.8) is 0 Å². The van der Waals surface area contributed by atoms with E-state index in [-0.39, 0.29) is 17.2 Å². The Morgan fingerprint density at radius 1 is 1.03 bits per heavy atom. The zero-order chi connectivity index (χ0) is 22.5. The molecule has 0 aliphatic heterocycles. The molecular formula is C24H19BrN4O2S. The number of para-hydroxylation sites is 1. The average Bonchev–Trinajstić information content (AvgIpc) is 2.82. The van der Waals surface area contributed by atoms with Crippen LogP contribution in [0.25, 0.3) is 16.6 Å². The van der Waals surface area contributed by atoms with Crippen molar-refractivity contribution in [2.24, 2.45) is 5.10 Å². The number of fused-ring (bicyclic) bond motifs is 1. The normalized spacial score (nSPS) is 11.5. The Morgan fingerprint density at radius 2 is 1.72 bits per heavy atom. The summed E-state index contributed by atoms with van der Waals surface area (Å²) in [6.45, 7) is 1.83. The van der Waals surface area contributed by atoms with Gasteiger partial charge >= 0.3 is 0 Å². The second-order valence-electron chi connectivity index (χ2n) is 6.92. The Morgan fingerprint density at radius 3 is 2.47 bits per heavy atom. The summed E-state index contributed by atoms with van der Waals surface area (Å²) in [5.41, 5.74) is 5.30. The number of carbonyl (C=O) groups is 1. The van der Waals surface area contributed by atoms with E-state index in [0.29, 0.717) is 27.5 Å². The van der Waals surface area contributed by atoms with Crippen molar-refractivity contribution in [1.82, 2.24) is 15.0 Å². The Labute approximate surface area is 197 Å². The molecule has 0 aliphatic carbocycles. The fourth-order valence-corrected chi connectivity index (χ4v) is 4.15. The van der Waals surface area contributed by atoms with Gasteiger partial charge in [0.25, 0.3) is 11.5 Å². The molecule has 0 spiro atoms. The maximum atomic E-state index is 13.2. The molecule has 32 heavy (non-hydrogen) atoms. The SMILES string of the molecule is C/C(=N/NC(=O)CSc1nc2ccccc2c(=O)n1-c1ccc(Br)cc1)c1ccccc1. The molecule has 0 saturated carbocycles. The van der Waals surface area contributed by atoms with Crippen molar-refractivity contribution in [1.29, 1.82) is 0 Å². The van der Waals surface area contributed by atoms with E-state index in [2.05, 4.69) is 31.4 Å². The first-order valence-electron chi connectivity index (χ1n) is 9.82. The molecule has 4 aromatic rings. The van der Waals surface area contributed by atoms with Crippen molar-refractivity contribution in [2.45, 2.75) is 12.1 Å². The van der Waals surface area contributed by atoms with E-state index < -0.39 is 0 Å². The monoisotopic (exact) mass is 506 g/mol. The number of benzene rings is 3. The first-order valence-corrected chi connectivity index (χ1v) is 11.6. The molecule has 0 saturated heterocycles. The number of hydrogen-bond donors (Lipinski definition) is 1. The minimum absolute atomic E-state index is 0.0624. The maximum absolute atomic E-state index is 13.2. The highest BCUT2D eigenvalue weighted by molar-refractivity contribution is 9.10. The molecule has 8 heteroatoms. The Kier molecular flexibility index (Phi) is 6.82. The highest BCUT2D eigenvalue weighted by Gasteiger charge is 2.15. The minimum atomic E-state index is -0.282. The zero-order valence-electron chi connectivity index (χ0n) is 17.2. The van der Waals surface area contributed by atoms with Gasteiger partial charge in [-0.3, -0.25) is 14.2 Å². The third kappa shape index (κ3) is 4.98. The van der Waals surface area contributed by atoms with E-state index in [0.717, 1.165) is 10.0 Å². The Hall–Kier alpha value is -3.23. The average molecular weight is 507 g/mol. The lowest BCUT2D eigenvalue weighted by Crippen LogP contribution is -2.24. The lowest BCUT2D eigenvalue weighted by atomic mass is 10.1. The molecule has 160 valence electrons. The van der Waals surface area contributed by atoms with Gasteiger partial charge in [-0.25, -0.2) is 10.4 Å². The van der Waals surface area contributed by atoms with E-state index in [1.165, 1.54) is 16.3 Å². The molecule has 4 rings (SSSR count). The van der Waals surface area contributed by atoms with Crippen molar-refractivity contribution in [2.75, 3.05) is 5.75 Å². The number of halogens is 1. The van der Waals surface area contributed by atoms with Crippen molar-refractivity contribution in [3.05, 3.63) is 99.3 Å². The number of rotatable bonds is 6. The molecule has 1 amide bonds. The summed E-state index contributed by atoms with van der Waals surface area (Å²) in [4.78, 5) is 30.3. The van der Waals surface area contributed by atoms with Gasteiger partial charge in [-0.2, -0.15) is 5.10 Å². The second-order valence-corrected chi connectivity index (χ2v) is 8.77. The molecular weight excluding hydrogens is 488 g/mol. The number of carbonyl (C=O) groups excluding carboxylic acids is 1. The Balaban J connectivity index is 1.59. The third-order valence-corrected chi connectivity index (χ3v) is 6.17. The van der Waals surface area contributed by atoms with Crippen LogP contribution in [0.3, 0.4) is 0 Å². The summed E-state index contributed by atoms with van der Waals surface area (Å²) >= 11 is 4.61. The highest BCUT2D eigenvalue weighted by Crippen LogP contribution is 2.22. The first-order chi connectivity index (χ1) is 15.5. The molecule has 1 heterocycles. The van der Waals surface area contributed by atoms with Gasteiger partial charge in [0.1, 0.15) is 0 Å². The van der Waals surface area contributed by atoms with Crippen molar-refractivity contribution < 1.29 is 4.79 Å². The van der Waals surface area contributed by atoms with E-state index >= 15 is 0 Å². The molecule has 1 N–H and O–H groups in total. The van der Waals surface area contributed by atoms with Gasteiger partial charge in [0, 0.05) is 4.47 Å². The third-order valence-electron chi connectivity index (χ3n) is 4.70. The maximum Gasteiger partial charge on any atom is 0.266 e.